The topological polar surface area (TPSA) is 44.7 Å². The highest BCUT2D eigenvalue weighted by atomic mass is 35.5. The van der Waals surface area contributed by atoms with Crippen molar-refractivity contribution in [1.29, 1.82) is 0 Å². The highest BCUT2D eigenvalue weighted by molar-refractivity contribution is 7.99. The third-order valence-corrected chi connectivity index (χ3v) is 4.52. The van der Waals surface area contributed by atoms with Crippen molar-refractivity contribution in [2.45, 2.75) is 6.54 Å². The predicted octanol–water partition coefficient (Wildman–Crippen LogP) is 2.19. The minimum absolute atomic E-state index is 0.166. The normalized spacial score (nSPS) is 16.3. The van der Waals surface area contributed by atoms with E-state index in [2.05, 4.69) is 10.2 Å². The summed E-state index contributed by atoms with van der Waals surface area (Å²) in [6, 6.07) is 3.38. The molecule has 6 heteroatoms. The first-order valence-corrected chi connectivity index (χ1v) is 8.30. The molecule has 0 amide bonds. The average molecular weight is 317 g/mol. The molecule has 0 aliphatic carbocycles. The van der Waals surface area contributed by atoms with Crippen molar-refractivity contribution in [3.05, 3.63) is 22.7 Å². The number of halogens is 1. The molecule has 0 spiro atoms. The van der Waals surface area contributed by atoms with Crippen LogP contribution in [0.15, 0.2) is 12.1 Å². The van der Waals surface area contributed by atoms with E-state index in [1.165, 1.54) is 31.7 Å². The van der Waals surface area contributed by atoms with Gasteiger partial charge in [0.2, 0.25) is 0 Å². The first-order valence-electron chi connectivity index (χ1n) is 6.77. The van der Waals surface area contributed by atoms with Crippen molar-refractivity contribution >= 4 is 23.4 Å². The molecular formula is C14H21ClN2O2S. The summed E-state index contributed by atoms with van der Waals surface area (Å²) in [5.74, 6) is 3.04. The largest absolute Gasteiger partial charge is 0.504 e. The van der Waals surface area contributed by atoms with E-state index in [1.54, 1.807) is 12.1 Å². The highest BCUT2D eigenvalue weighted by Crippen LogP contribution is 2.33. The lowest BCUT2D eigenvalue weighted by Crippen LogP contribution is -2.37. The average Bonchev–Trinajstić information content (AvgIpc) is 2.47. The van der Waals surface area contributed by atoms with Crippen LogP contribution in [0.5, 0.6) is 11.5 Å². The van der Waals surface area contributed by atoms with Crippen LogP contribution in [-0.2, 0) is 6.54 Å². The molecule has 0 atom stereocenters. The summed E-state index contributed by atoms with van der Waals surface area (Å²) < 4.78 is 5.10. The smallest absolute Gasteiger partial charge is 0.162 e. The first-order chi connectivity index (χ1) is 9.70. The van der Waals surface area contributed by atoms with Crippen LogP contribution >= 0.6 is 23.4 Å². The molecule has 1 saturated heterocycles. The summed E-state index contributed by atoms with van der Waals surface area (Å²) in [4.78, 5) is 2.46. The molecule has 1 aromatic rings. The van der Waals surface area contributed by atoms with Gasteiger partial charge in [0, 0.05) is 60.9 Å². The third-order valence-electron chi connectivity index (χ3n) is 3.36. The van der Waals surface area contributed by atoms with Gasteiger partial charge in [0.25, 0.3) is 0 Å². The van der Waals surface area contributed by atoms with Crippen LogP contribution in [0.3, 0.4) is 0 Å². The summed E-state index contributed by atoms with van der Waals surface area (Å²) in [5.41, 5.74) is 0.767. The Balaban J connectivity index is 1.80. The van der Waals surface area contributed by atoms with E-state index in [0.717, 1.165) is 18.7 Å². The van der Waals surface area contributed by atoms with Crippen LogP contribution in [0.1, 0.15) is 5.56 Å². The van der Waals surface area contributed by atoms with E-state index in [9.17, 15) is 5.11 Å². The molecule has 1 fully saturated rings. The molecule has 1 aliphatic rings. The van der Waals surface area contributed by atoms with Crippen molar-refractivity contribution in [3.63, 3.8) is 0 Å². The lowest BCUT2D eigenvalue weighted by molar-refractivity contribution is 0.300. The van der Waals surface area contributed by atoms with Gasteiger partial charge in [-0.3, -0.25) is 0 Å². The Morgan fingerprint density at radius 2 is 2.15 bits per heavy atom. The van der Waals surface area contributed by atoms with Gasteiger partial charge >= 0.3 is 0 Å². The molecule has 20 heavy (non-hydrogen) atoms. The number of hydrogen-bond acceptors (Lipinski definition) is 5. The van der Waals surface area contributed by atoms with Gasteiger partial charge in [-0.05, 0) is 6.07 Å². The standard InChI is InChI=1S/C14H21ClN2O2S/c1-19-13-9-12(15)8-11(14(13)18)10-16-2-3-17-4-6-20-7-5-17/h8-9,16,18H,2-7,10H2,1H3. The maximum absolute atomic E-state index is 10.0. The molecule has 2 N–H and O–H groups in total. The van der Waals surface area contributed by atoms with Crippen LogP contribution in [0.2, 0.25) is 5.02 Å². The van der Waals surface area contributed by atoms with Crippen LogP contribution in [0, 0.1) is 0 Å². The van der Waals surface area contributed by atoms with Gasteiger partial charge in [0.15, 0.2) is 11.5 Å². The van der Waals surface area contributed by atoms with Crippen LogP contribution in [0.4, 0.5) is 0 Å². The number of ether oxygens (including phenoxy) is 1. The Hall–Kier alpha value is -0.620. The molecule has 0 aromatic heterocycles. The summed E-state index contributed by atoms with van der Waals surface area (Å²) in [5, 5.41) is 13.9. The van der Waals surface area contributed by atoms with Crippen LogP contribution < -0.4 is 10.1 Å². The van der Waals surface area contributed by atoms with Gasteiger partial charge in [-0.25, -0.2) is 0 Å². The molecule has 1 aliphatic heterocycles. The number of phenolic OH excluding ortho intramolecular Hbond substituents is 1. The number of nitrogens with one attached hydrogen (secondary N) is 1. The van der Waals surface area contributed by atoms with E-state index < -0.39 is 0 Å². The fraction of sp³-hybridized carbons (Fsp3) is 0.571. The fourth-order valence-corrected chi connectivity index (χ4v) is 3.41. The Morgan fingerprint density at radius 3 is 2.85 bits per heavy atom. The molecule has 1 heterocycles. The molecule has 4 nitrogen and oxygen atoms in total. The molecule has 0 radical (unpaired) electrons. The molecular weight excluding hydrogens is 296 g/mol. The van der Waals surface area contributed by atoms with Gasteiger partial charge in [0.1, 0.15) is 0 Å². The number of aromatic hydroxyl groups is 1. The lowest BCUT2D eigenvalue weighted by atomic mass is 10.2. The Kier molecular flexibility index (Phi) is 6.29. The van der Waals surface area contributed by atoms with Crippen LogP contribution in [-0.4, -0.2) is 54.8 Å². The third kappa shape index (κ3) is 4.45. The maximum Gasteiger partial charge on any atom is 0.162 e. The monoisotopic (exact) mass is 316 g/mol. The number of rotatable bonds is 6. The first kappa shape index (κ1) is 15.8. The molecule has 1 aromatic carbocycles. The Labute approximate surface area is 129 Å². The van der Waals surface area contributed by atoms with Crippen molar-refractivity contribution in [1.82, 2.24) is 10.2 Å². The number of hydrogen-bond donors (Lipinski definition) is 2. The van der Waals surface area contributed by atoms with Gasteiger partial charge in [-0.1, -0.05) is 11.6 Å². The minimum atomic E-state index is 0.166. The Morgan fingerprint density at radius 1 is 1.40 bits per heavy atom. The zero-order valence-electron chi connectivity index (χ0n) is 11.7. The van der Waals surface area contributed by atoms with Gasteiger partial charge in [-0.15, -0.1) is 0 Å². The molecule has 0 unspecified atom stereocenters. The fourth-order valence-electron chi connectivity index (χ4n) is 2.20. The second kappa shape index (κ2) is 7.98. The lowest BCUT2D eigenvalue weighted by Gasteiger charge is -2.26. The highest BCUT2D eigenvalue weighted by Gasteiger charge is 2.11. The van der Waals surface area contributed by atoms with Crippen molar-refractivity contribution < 1.29 is 9.84 Å². The number of methoxy groups -OCH3 is 1. The van der Waals surface area contributed by atoms with E-state index >= 15 is 0 Å². The van der Waals surface area contributed by atoms with E-state index in [4.69, 9.17) is 16.3 Å². The summed E-state index contributed by atoms with van der Waals surface area (Å²) >= 11 is 8.02. The van der Waals surface area contributed by atoms with Crippen molar-refractivity contribution in [2.24, 2.45) is 0 Å². The van der Waals surface area contributed by atoms with Gasteiger partial charge in [0.05, 0.1) is 7.11 Å². The Bertz CT molecular complexity index is 439. The molecule has 112 valence electrons. The molecule has 0 bridgehead atoms. The summed E-state index contributed by atoms with van der Waals surface area (Å²) in [6.45, 7) is 4.87. The van der Waals surface area contributed by atoms with Gasteiger partial charge in [-0.2, -0.15) is 11.8 Å². The number of benzene rings is 1. The van der Waals surface area contributed by atoms with Crippen LogP contribution in [0.25, 0.3) is 0 Å². The summed E-state index contributed by atoms with van der Waals surface area (Å²) in [7, 11) is 1.52. The number of nitrogens with zero attached hydrogens (tertiary/aromatic N) is 1. The zero-order valence-corrected chi connectivity index (χ0v) is 13.3. The molecule has 0 saturated carbocycles. The molecule has 2 rings (SSSR count). The van der Waals surface area contributed by atoms with Gasteiger partial charge < -0.3 is 20.1 Å². The van der Waals surface area contributed by atoms with E-state index in [0.29, 0.717) is 17.3 Å². The number of thioether (sulfide) groups is 1. The second-order valence-electron chi connectivity index (χ2n) is 4.75. The van der Waals surface area contributed by atoms with Crippen molar-refractivity contribution in [3.8, 4) is 11.5 Å². The van der Waals surface area contributed by atoms with E-state index in [1.807, 2.05) is 11.8 Å². The zero-order chi connectivity index (χ0) is 14.4. The predicted molar refractivity (Wildman–Crippen MR) is 85.1 cm³/mol. The minimum Gasteiger partial charge on any atom is -0.504 e. The SMILES string of the molecule is COc1cc(Cl)cc(CNCCN2CCSCC2)c1O. The maximum atomic E-state index is 10.0. The van der Waals surface area contributed by atoms with E-state index in [-0.39, 0.29) is 5.75 Å². The quantitative estimate of drug-likeness (QED) is 0.788. The second-order valence-corrected chi connectivity index (χ2v) is 6.41. The van der Waals surface area contributed by atoms with Crippen molar-refractivity contribution in [2.75, 3.05) is 44.8 Å². The summed E-state index contributed by atoms with van der Waals surface area (Å²) in [6.07, 6.45) is 0. The number of phenols is 1.